The zero-order valence-corrected chi connectivity index (χ0v) is 14.0. The van der Waals surface area contributed by atoms with Gasteiger partial charge in [0.15, 0.2) is 0 Å². The highest BCUT2D eigenvalue weighted by molar-refractivity contribution is 7.13. The Morgan fingerprint density at radius 1 is 1.09 bits per heavy atom. The Kier molecular flexibility index (Phi) is 4.57. The van der Waals surface area contributed by atoms with E-state index in [0.29, 0.717) is 18.7 Å². The van der Waals surface area contributed by atoms with Crippen LogP contribution in [0.15, 0.2) is 42.5 Å². The second-order valence-electron chi connectivity index (χ2n) is 5.59. The first-order valence-electron chi connectivity index (χ1n) is 7.58. The summed E-state index contributed by atoms with van der Waals surface area (Å²) in [7, 11) is 0. The number of nitrogens with one attached hydrogen (secondary N) is 2. The molecular weight excluding hydrogens is 306 g/mol. The van der Waals surface area contributed by atoms with Crippen LogP contribution in [-0.2, 0) is 0 Å². The minimum Gasteiger partial charge on any atom is -0.367 e. The highest BCUT2D eigenvalue weighted by atomic mass is 32.1. The van der Waals surface area contributed by atoms with Crippen molar-refractivity contribution in [2.24, 2.45) is 0 Å². The van der Waals surface area contributed by atoms with Crippen molar-refractivity contribution >= 4 is 33.3 Å². The molecule has 0 aliphatic heterocycles. The van der Waals surface area contributed by atoms with E-state index in [1.165, 1.54) is 11.5 Å². The number of carbonyl (C=O) groups is 1. The fourth-order valence-corrected chi connectivity index (χ4v) is 3.33. The maximum atomic E-state index is 12.2. The highest BCUT2D eigenvalue weighted by Crippen LogP contribution is 2.25. The number of aromatic nitrogens is 1. The molecule has 0 unspecified atom stereocenters. The van der Waals surface area contributed by atoms with Crippen LogP contribution in [0.5, 0.6) is 0 Å². The summed E-state index contributed by atoms with van der Waals surface area (Å²) >= 11 is 1.48. The molecule has 2 N–H and O–H groups in total. The van der Waals surface area contributed by atoms with Gasteiger partial charge in [0.05, 0.1) is 4.70 Å². The molecule has 0 atom stereocenters. The van der Waals surface area contributed by atoms with Crippen LogP contribution < -0.4 is 10.6 Å². The average molecular weight is 325 g/mol. The smallest absolute Gasteiger partial charge is 0.251 e. The van der Waals surface area contributed by atoms with E-state index in [0.717, 1.165) is 27.0 Å². The molecule has 1 aromatic heterocycles. The summed E-state index contributed by atoms with van der Waals surface area (Å²) in [4.78, 5) is 12.2. The SMILES string of the molecule is Cc1cc(C)cc(C(=O)NCCNc2nsc3ccccc23)c1. The minimum absolute atomic E-state index is 0.0401. The third-order valence-electron chi connectivity index (χ3n) is 3.56. The van der Waals surface area contributed by atoms with Crippen molar-refractivity contribution in [2.75, 3.05) is 18.4 Å². The number of aryl methyl sites for hydroxylation is 2. The molecular formula is C18H19N3OS. The zero-order chi connectivity index (χ0) is 16.2. The predicted molar refractivity (Wildman–Crippen MR) is 96.4 cm³/mol. The van der Waals surface area contributed by atoms with Gasteiger partial charge in [-0.3, -0.25) is 4.79 Å². The molecule has 1 heterocycles. The van der Waals surface area contributed by atoms with Crippen LogP contribution in [0.3, 0.4) is 0 Å². The molecule has 1 amide bonds. The molecule has 118 valence electrons. The molecule has 0 fully saturated rings. The lowest BCUT2D eigenvalue weighted by Gasteiger charge is -2.08. The number of carbonyl (C=O) groups excluding carboxylic acids is 1. The quantitative estimate of drug-likeness (QED) is 0.702. The Morgan fingerprint density at radius 2 is 1.83 bits per heavy atom. The van der Waals surface area contributed by atoms with Gasteiger partial charge in [0.1, 0.15) is 5.82 Å². The summed E-state index contributed by atoms with van der Waals surface area (Å²) in [6, 6.07) is 14.0. The van der Waals surface area contributed by atoms with Gasteiger partial charge in [-0.1, -0.05) is 29.3 Å². The summed E-state index contributed by atoms with van der Waals surface area (Å²) in [6.45, 7) is 5.19. The van der Waals surface area contributed by atoms with Gasteiger partial charge in [-0.15, -0.1) is 0 Å². The maximum Gasteiger partial charge on any atom is 0.251 e. The molecule has 0 saturated carbocycles. The number of nitrogens with zero attached hydrogens (tertiary/aromatic N) is 1. The van der Waals surface area contributed by atoms with Crippen molar-refractivity contribution < 1.29 is 4.79 Å². The summed E-state index contributed by atoms with van der Waals surface area (Å²) in [6.07, 6.45) is 0. The van der Waals surface area contributed by atoms with Crippen LogP contribution in [0.1, 0.15) is 21.5 Å². The van der Waals surface area contributed by atoms with Crippen LogP contribution in [-0.4, -0.2) is 23.4 Å². The van der Waals surface area contributed by atoms with E-state index in [2.05, 4.69) is 33.2 Å². The van der Waals surface area contributed by atoms with Crippen LogP contribution >= 0.6 is 11.5 Å². The molecule has 5 heteroatoms. The Bertz CT molecular complexity index is 821. The molecule has 0 spiro atoms. The van der Waals surface area contributed by atoms with E-state index >= 15 is 0 Å². The van der Waals surface area contributed by atoms with E-state index in [1.54, 1.807) is 0 Å². The molecule has 0 bridgehead atoms. The van der Waals surface area contributed by atoms with Crippen molar-refractivity contribution in [1.29, 1.82) is 0 Å². The number of rotatable bonds is 5. The van der Waals surface area contributed by atoms with Gasteiger partial charge >= 0.3 is 0 Å². The van der Waals surface area contributed by atoms with Crippen LogP contribution in [0.25, 0.3) is 10.1 Å². The number of hydrogen-bond donors (Lipinski definition) is 2. The lowest BCUT2D eigenvalue weighted by molar-refractivity contribution is 0.0955. The first kappa shape index (κ1) is 15.5. The molecule has 2 aromatic carbocycles. The van der Waals surface area contributed by atoms with Crippen molar-refractivity contribution in [3.05, 3.63) is 59.2 Å². The normalized spacial score (nSPS) is 10.7. The molecule has 0 saturated heterocycles. The molecule has 3 rings (SSSR count). The predicted octanol–water partition coefficient (Wildman–Crippen LogP) is 3.76. The summed E-state index contributed by atoms with van der Waals surface area (Å²) in [5.41, 5.74) is 2.91. The second-order valence-corrected chi connectivity index (χ2v) is 6.39. The van der Waals surface area contributed by atoms with Crippen molar-refractivity contribution in [2.45, 2.75) is 13.8 Å². The van der Waals surface area contributed by atoms with E-state index in [4.69, 9.17) is 0 Å². The molecule has 23 heavy (non-hydrogen) atoms. The fourth-order valence-electron chi connectivity index (χ4n) is 2.58. The Hall–Kier alpha value is -2.40. The largest absolute Gasteiger partial charge is 0.367 e. The third-order valence-corrected chi connectivity index (χ3v) is 4.39. The standard InChI is InChI=1S/C18H19N3OS/c1-12-9-13(2)11-14(10-12)18(22)20-8-7-19-17-15-5-3-4-6-16(15)23-21-17/h3-6,9-11H,7-8H2,1-2H3,(H,19,21)(H,20,22). The average Bonchev–Trinajstić information content (AvgIpc) is 2.94. The first-order chi connectivity index (χ1) is 11.1. The lowest BCUT2D eigenvalue weighted by atomic mass is 10.1. The Morgan fingerprint density at radius 3 is 2.61 bits per heavy atom. The van der Waals surface area contributed by atoms with E-state index < -0.39 is 0 Å². The van der Waals surface area contributed by atoms with Crippen LogP contribution in [0, 0.1) is 13.8 Å². The van der Waals surface area contributed by atoms with Crippen molar-refractivity contribution in [1.82, 2.24) is 9.69 Å². The molecule has 3 aromatic rings. The van der Waals surface area contributed by atoms with E-state index in [9.17, 15) is 4.79 Å². The summed E-state index contributed by atoms with van der Waals surface area (Å²) < 4.78 is 5.57. The number of anilines is 1. The van der Waals surface area contributed by atoms with Gasteiger partial charge in [-0.2, -0.15) is 4.37 Å². The van der Waals surface area contributed by atoms with Crippen LogP contribution in [0.4, 0.5) is 5.82 Å². The number of hydrogen-bond acceptors (Lipinski definition) is 4. The second kappa shape index (κ2) is 6.79. The van der Waals surface area contributed by atoms with Gasteiger partial charge < -0.3 is 10.6 Å². The monoisotopic (exact) mass is 325 g/mol. The number of benzene rings is 2. The van der Waals surface area contributed by atoms with Gasteiger partial charge in [0, 0.05) is 24.0 Å². The topological polar surface area (TPSA) is 54.0 Å². The minimum atomic E-state index is -0.0401. The molecule has 0 radical (unpaired) electrons. The molecule has 4 nitrogen and oxygen atoms in total. The van der Waals surface area contributed by atoms with Crippen molar-refractivity contribution in [3.63, 3.8) is 0 Å². The first-order valence-corrected chi connectivity index (χ1v) is 8.35. The lowest BCUT2D eigenvalue weighted by Crippen LogP contribution is -2.28. The zero-order valence-electron chi connectivity index (χ0n) is 13.2. The maximum absolute atomic E-state index is 12.2. The molecule has 0 aliphatic rings. The van der Waals surface area contributed by atoms with Crippen LogP contribution in [0.2, 0.25) is 0 Å². The Balaban J connectivity index is 1.54. The Labute approximate surface area is 139 Å². The third kappa shape index (κ3) is 3.68. The van der Waals surface area contributed by atoms with E-state index in [1.807, 2.05) is 38.1 Å². The van der Waals surface area contributed by atoms with Gasteiger partial charge in [-0.25, -0.2) is 0 Å². The summed E-state index contributed by atoms with van der Waals surface area (Å²) in [5, 5.41) is 7.34. The van der Waals surface area contributed by atoms with E-state index in [-0.39, 0.29) is 5.91 Å². The van der Waals surface area contributed by atoms with Gasteiger partial charge in [0.25, 0.3) is 5.91 Å². The van der Waals surface area contributed by atoms with Crippen molar-refractivity contribution in [3.8, 4) is 0 Å². The summed E-state index contributed by atoms with van der Waals surface area (Å²) in [5.74, 6) is 0.841. The fraction of sp³-hybridized carbons (Fsp3) is 0.222. The van der Waals surface area contributed by atoms with Gasteiger partial charge in [-0.05, 0) is 49.6 Å². The number of fused-ring (bicyclic) bond motifs is 1. The van der Waals surface area contributed by atoms with Gasteiger partial charge in [0.2, 0.25) is 0 Å². The molecule has 0 aliphatic carbocycles. The highest BCUT2D eigenvalue weighted by Gasteiger charge is 2.07. The number of amides is 1.